The molecule has 2 aliphatic heterocycles. The van der Waals surface area contributed by atoms with E-state index in [1.54, 1.807) is 30.5 Å². The molecule has 1 saturated heterocycles. The summed E-state index contributed by atoms with van der Waals surface area (Å²) in [6, 6.07) is 14.6. The Hall–Kier alpha value is -3.05. The smallest absolute Gasteiger partial charge is 0.240 e. The van der Waals surface area contributed by atoms with Crippen LogP contribution in [0.3, 0.4) is 0 Å². The number of nitrogens with one attached hydrogen (secondary N) is 2. The number of nitrogens with zero attached hydrogens (tertiary/aromatic N) is 4. The van der Waals surface area contributed by atoms with Gasteiger partial charge in [-0.05, 0) is 74.1 Å². The van der Waals surface area contributed by atoms with Gasteiger partial charge < -0.3 is 19.9 Å². The number of ether oxygens (including phenoxy) is 1. The van der Waals surface area contributed by atoms with E-state index < -0.39 is 10.0 Å². The summed E-state index contributed by atoms with van der Waals surface area (Å²) in [5.41, 5.74) is 3.71. The molecule has 0 bridgehead atoms. The maximum absolute atomic E-state index is 12.7. The Kier molecular flexibility index (Phi) is 7.47. The number of piperazine rings is 1. The van der Waals surface area contributed by atoms with E-state index in [0.29, 0.717) is 24.8 Å². The van der Waals surface area contributed by atoms with Crippen molar-refractivity contribution in [3.8, 4) is 17.0 Å². The fraction of sp³-hybridized carbons (Fsp3) is 0.385. The zero-order valence-electron chi connectivity index (χ0n) is 20.5. The van der Waals surface area contributed by atoms with Crippen molar-refractivity contribution in [2.75, 3.05) is 58.2 Å². The lowest BCUT2D eigenvalue weighted by Gasteiger charge is -2.32. The molecule has 0 spiro atoms. The number of likely N-dealkylation sites (N-methyl/N-ethyl adjacent to an activating group) is 1. The molecule has 2 aromatic carbocycles. The number of hydrogen-bond donors (Lipinski definition) is 2. The second-order valence-corrected chi connectivity index (χ2v) is 11.0. The minimum atomic E-state index is -3.56. The molecule has 2 aliphatic rings. The number of rotatable bonds is 9. The van der Waals surface area contributed by atoms with E-state index in [9.17, 15) is 8.42 Å². The van der Waals surface area contributed by atoms with Gasteiger partial charge in [0.05, 0.1) is 17.2 Å². The van der Waals surface area contributed by atoms with E-state index in [-0.39, 0.29) is 4.90 Å². The third kappa shape index (κ3) is 6.01. The second kappa shape index (κ2) is 10.9. The molecule has 10 heteroatoms. The van der Waals surface area contributed by atoms with Crippen molar-refractivity contribution in [2.45, 2.75) is 17.7 Å². The second-order valence-electron chi connectivity index (χ2n) is 9.23. The van der Waals surface area contributed by atoms with Crippen LogP contribution in [0.4, 0.5) is 11.6 Å². The van der Waals surface area contributed by atoms with Crippen LogP contribution in [-0.4, -0.2) is 81.1 Å². The molecule has 3 heterocycles. The van der Waals surface area contributed by atoms with E-state index >= 15 is 0 Å². The van der Waals surface area contributed by atoms with Gasteiger partial charge in [0.2, 0.25) is 16.0 Å². The molecule has 0 radical (unpaired) electrons. The number of hydrogen-bond acceptors (Lipinski definition) is 8. The van der Waals surface area contributed by atoms with Gasteiger partial charge in [-0.2, -0.15) is 0 Å². The maximum atomic E-state index is 12.7. The van der Waals surface area contributed by atoms with Crippen LogP contribution < -0.4 is 14.8 Å². The Morgan fingerprint density at radius 2 is 1.83 bits per heavy atom. The molecule has 1 fully saturated rings. The summed E-state index contributed by atoms with van der Waals surface area (Å²) in [5.74, 6) is 1.38. The van der Waals surface area contributed by atoms with Crippen LogP contribution in [0.15, 0.2) is 59.6 Å². The summed E-state index contributed by atoms with van der Waals surface area (Å²) in [4.78, 5) is 13.9. The SMILES string of the molecule is CN1CCN(CCCNS(=O)(=O)c2ccc(Nc3nccc(-c4ccc5c(c4)CCO5)n3)cc2)CC1. The van der Waals surface area contributed by atoms with Crippen LogP contribution >= 0.6 is 0 Å². The minimum absolute atomic E-state index is 0.239. The molecular formula is C26H32N6O3S. The third-order valence-corrected chi connectivity index (χ3v) is 8.08. The highest BCUT2D eigenvalue weighted by atomic mass is 32.2. The lowest BCUT2D eigenvalue weighted by molar-refractivity contribution is 0.153. The monoisotopic (exact) mass is 508 g/mol. The van der Waals surface area contributed by atoms with Crippen molar-refractivity contribution < 1.29 is 13.2 Å². The average molecular weight is 509 g/mol. The van der Waals surface area contributed by atoms with Gasteiger partial charge in [0, 0.05) is 56.6 Å². The molecule has 9 nitrogen and oxygen atoms in total. The topological polar surface area (TPSA) is 99.7 Å². The Morgan fingerprint density at radius 1 is 1.03 bits per heavy atom. The van der Waals surface area contributed by atoms with Crippen LogP contribution in [0, 0.1) is 0 Å². The van der Waals surface area contributed by atoms with Crippen LogP contribution in [0.5, 0.6) is 5.75 Å². The summed E-state index contributed by atoms with van der Waals surface area (Å²) in [6.45, 7) is 6.23. The molecule has 0 atom stereocenters. The average Bonchev–Trinajstić information content (AvgIpc) is 3.36. The first-order valence-electron chi connectivity index (χ1n) is 12.3. The van der Waals surface area contributed by atoms with Gasteiger partial charge in [0.15, 0.2) is 0 Å². The van der Waals surface area contributed by atoms with Crippen molar-refractivity contribution in [1.82, 2.24) is 24.5 Å². The minimum Gasteiger partial charge on any atom is -0.493 e. The molecule has 5 rings (SSSR count). The maximum Gasteiger partial charge on any atom is 0.240 e. The zero-order chi connectivity index (χ0) is 25.0. The summed E-state index contributed by atoms with van der Waals surface area (Å²) < 4.78 is 33.7. The summed E-state index contributed by atoms with van der Waals surface area (Å²) in [6.07, 6.45) is 3.40. The highest BCUT2D eigenvalue weighted by Gasteiger charge is 2.16. The fourth-order valence-corrected chi connectivity index (χ4v) is 5.51. The van der Waals surface area contributed by atoms with Gasteiger partial charge in [0.25, 0.3) is 0 Å². The highest BCUT2D eigenvalue weighted by molar-refractivity contribution is 7.89. The van der Waals surface area contributed by atoms with Gasteiger partial charge in [0.1, 0.15) is 5.75 Å². The molecule has 0 amide bonds. The molecular weight excluding hydrogens is 476 g/mol. The van der Waals surface area contributed by atoms with Gasteiger partial charge in [-0.15, -0.1) is 0 Å². The molecule has 0 aliphatic carbocycles. The largest absolute Gasteiger partial charge is 0.493 e. The number of fused-ring (bicyclic) bond motifs is 1. The van der Waals surface area contributed by atoms with Gasteiger partial charge in [-0.1, -0.05) is 0 Å². The lowest BCUT2D eigenvalue weighted by Crippen LogP contribution is -2.45. The van der Waals surface area contributed by atoms with E-state index in [1.165, 1.54) is 5.56 Å². The van der Waals surface area contributed by atoms with Gasteiger partial charge >= 0.3 is 0 Å². The molecule has 3 aromatic rings. The Labute approximate surface area is 212 Å². The Morgan fingerprint density at radius 3 is 2.64 bits per heavy atom. The van der Waals surface area contributed by atoms with Crippen molar-refractivity contribution in [3.05, 3.63) is 60.3 Å². The molecule has 1 aromatic heterocycles. The van der Waals surface area contributed by atoms with Crippen molar-refractivity contribution in [3.63, 3.8) is 0 Å². The van der Waals surface area contributed by atoms with Gasteiger partial charge in [-0.3, -0.25) is 0 Å². The predicted octanol–water partition coefficient (Wildman–Crippen LogP) is 2.74. The summed E-state index contributed by atoms with van der Waals surface area (Å²) >= 11 is 0. The number of sulfonamides is 1. The Balaban J connectivity index is 1.16. The van der Waals surface area contributed by atoms with Crippen molar-refractivity contribution in [1.29, 1.82) is 0 Å². The van der Waals surface area contributed by atoms with E-state index in [1.807, 2.05) is 18.2 Å². The number of benzene rings is 2. The zero-order valence-corrected chi connectivity index (χ0v) is 21.3. The highest BCUT2D eigenvalue weighted by Crippen LogP contribution is 2.30. The van der Waals surface area contributed by atoms with Gasteiger partial charge in [-0.25, -0.2) is 23.1 Å². The quantitative estimate of drug-likeness (QED) is 0.426. The van der Waals surface area contributed by atoms with E-state index in [4.69, 9.17) is 4.74 Å². The van der Waals surface area contributed by atoms with Crippen LogP contribution in [0.25, 0.3) is 11.3 Å². The van der Waals surface area contributed by atoms with Crippen LogP contribution in [-0.2, 0) is 16.4 Å². The number of aromatic nitrogens is 2. The molecule has 0 unspecified atom stereocenters. The Bertz CT molecular complexity index is 1290. The summed E-state index contributed by atoms with van der Waals surface area (Å²) in [5, 5.41) is 3.17. The van der Waals surface area contributed by atoms with Crippen LogP contribution in [0.1, 0.15) is 12.0 Å². The predicted molar refractivity (Wildman–Crippen MR) is 140 cm³/mol. The van der Waals surface area contributed by atoms with E-state index in [0.717, 1.165) is 62.6 Å². The normalized spacial score (nSPS) is 16.5. The first-order valence-corrected chi connectivity index (χ1v) is 13.8. The van der Waals surface area contributed by atoms with Crippen LogP contribution in [0.2, 0.25) is 0 Å². The summed E-state index contributed by atoms with van der Waals surface area (Å²) in [7, 11) is -1.43. The van der Waals surface area contributed by atoms with Crippen molar-refractivity contribution in [2.24, 2.45) is 0 Å². The first kappa shape index (κ1) is 24.6. The first-order chi connectivity index (χ1) is 17.5. The van der Waals surface area contributed by atoms with Crippen molar-refractivity contribution >= 4 is 21.7 Å². The molecule has 0 saturated carbocycles. The van der Waals surface area contributed by atoms with E-state index in [2.05, 4.69) is 42.9 Å². The fourth-order valence-electron chi connectivity index (χ4n) is 4.44. The molecule has 2 N–H and O–H groups in total. The lowest BCUT2D eigenvalue weighted by atomic mass is 10.1. The number of anilines is 2. The third-order valence-electron chi connectivity index (χ3n) is 6.60. The standard InChI is InChI=1S/C26H32N6O3S/c1-31-14-16-32(17-15-31)13-2-11-28-36(33,34)23-6-4-22(5-7-23)29-26-27-12-9-24(30-26)20-3-8-25-21(19-20)10-18-35-25/h3-9,12,19,28H,2,10-11,13-18H2,1H3,(H,27,29,30). The molecule has 190 valence electrons. The molecule has 36 heavy (non-hydrogen) atoms.